The maximum Gasteiger partial charge on any atom is 0.273 e. The predicted octanol–water partition coefficient (Wildman–Crippen LogP) is 3.17. The van der Waals surface area contributed by atoms with E-state index in [9.17, 15) is 14.4 Å². The average Bonchev–Trinajstić information content (AvgIpc) is 3.53. The summed E-state index contributed by atoms with van der Waals surface area (Å²) < 4.78 is 9.55. The number of nitrogens with zero attached hydrogens (tertiary/aromatic N) is 2. The van der Waals surface area contributed by atoms with E-state index >= 15 is 0 Å². The van der Waals surface area contributed by atoms with E-state index < -0.39 is 17.9 Å². The van der Waals surface area contributed by atoms with Gasteiger partial charge >= 0.3 is 0 Å². The second-order valence-electron chi connectivity index (χ2n) is 8.06. The summed E-state index contributed by atoms with van der Waals surface area (Å²) in [4.78, 5) is 40.4. The summed E-state index contributed by atoms with van der Waals surface area (Å²) in [6.45, 7) is 1.89. The fourth-order valence-electron chi connectivity index (χ4n) is 4.07. The van der Waals surface area contributed by atoms with Gasteiger partial charge in [0, 0.05) is 11.7 Å². The minimum Gasteiger partial charge on any atom is -0.467 e. The van der Waals surface area contributed by atoms with Crippen LogP contribution in [-0.2, 0) is 4.79 Å². The molecule has 3 amide bonds. The summed E-state index contributed by atoms with van der Waals surface area (Å²) in [6.07, 6.45) is 5.32. The van der Waals surface area contributed by atoms with Crippen molar-refractivity contribution in [3.63, 3.8) is 0 Å². The van der Waals surface area contributed by atoms with Crippen molar-refractivity contribution in [1.82, 2.24) is 9.69 Å². The molecule has 9 nitrogen and oxygen atoms in total. The number of rotatable bonds is 7. The summed E-state index contributed by atoms with van der Waals surface area (Å²) in [5.74, 6) is -1.46. The molecule has 1 fully saturated rings. The molecule has 1 aliphatic carbocycles. The maximum atomic E-state index is 13.8. The molecule has 0 bridgehead atoms. The van der Waals surface area contributed by atoms with Crippen LogP contribution in [0.4, 0.5) is 11.4 Å². The molecule has 1 saturated carbocycles. The van der Waals surface area contributed by atoms with Crippen molar-refractivity contribution in [2.45, 2.75) is 44.7 Å². The number of aromatic nitrogens is 1. The van der Waals surface area contributed by atoms with E-state index in [4.69, 9.17) is 15.9 Å². The molecule has 2 heterocycles. The van der Waals surface area contributed by atoms with Crippen molar-refractivity contribution in [3.8, 4) is 0 Å². The van der Waals surface area contributed by atoms with Crippen molar-refractivity contribution >= 4 is 40.6 Å². The molecular weight excluding hydrogens is 442 g/mol. The van der Waals surface area contributed by atoms with Gasteiger partial charge in [-0.1, -0.05) is 25.0 Å². The van der Waals surface area contributed by atoms with Crippen molar-refractivity contribution in [2.75, 3.05) is 10.6 Å². The van der Waals surface area contributed by atoms with Crippen molar-refractivity contribution < 1.29 is 18.8 Å². The topological polar surface area (TPSA) is 145 Å². The van der Waals surface area contributed by atoms with Crippen LogP contribution in [0.25, 0.3) is 0 Å². The second kappa shape index (κ2) is 9.45. The van der Waals surface area contributed by atoms with E-state index in [0.717, 1.165) is 42.8 Å². The van der Waals surface area contributed by atoms with E-state index in [1.165, 1.54) is 11.2 Å². The van der Waals surface area contributed by atoms with E-state index in [-0.39, 0.29) is 28.2 Å². The first-order chi connectivity index (χ1) is 15.9. The smallest absolute Gasteiger partial charge is 0.273 e. The zero-order chi connectivity index (χ0) is 23.5. The highest BCUT2D eigenvalue weighted by Crippen LogP contribution is 2.34. The number of hydrogen-bond acceptors (Lipinski definition) is 7. The van der Waals surface area contributed by atoms with Gasteiger partial charge in [-0.25, -0.2) is 0 Å². The number of nitrogen functional groups attached to an aromatic ring is 1. The van der Waals surface area contributed by atoms with E-state index in [2.05, 4.69) is 9.69 Å². The first-order valence-corrected chi connectivity index (χ1v) is 11.4. The van der Waals surface area contributed by atoms with Crippen LogP contribution in [-0.4, -0.2) is 28.1 Å². The number of carbonyl (C=O) groups excluding carboxylic acids is 3. The molecule has 0 aliphatic heterocycles. The van der Waals surface area contributed by atoms with Gasteiger partial charge in [0.2, 0.25) is 0 Å². The van der Waals surface area contributed by atoms with Crippen LogP contribution < -0.4 is 21.7 Å². The zero-order valence-corrected chi connectivity index (χ0v) is 18.9. The summed E-state index contributed by atoms with van der Waals surface area (Å²) in [7, 11) is 0. The van der Waals surface area contributed by atoms with Crippen LogP contribution in [0.5, 0.6) is 0 Å². The van der Waals surface area contributed by atoms with Gasteiger partial charge in [-0.05, 0) is 61.1 Å². The van der Waals surface area contributed by atoms with Crippen LogP contribution in [0.1, 0.15) is 63.2 Å². The van der Waals surface area contributed by atoms with Crippen molar-refractivity contribution in [2.24, 2.45) is 5.73 Å². The highest BCUT2D eigenvalue weighted by atomic mass is 32.1. The van der Waals surface area contributed by atoms with E-state index in [0.29, 0.717) is 11.4 Å². The molecule has 172 valence electrons. The monoisotopic (exact) mass is 467 g/mol. The molecule has 33 heavy (non-hydrogen) atoms. The Hall–Kier alpha value is -3.66. The summed E-state index contributed by atoms with van der Waals surface area (Å²) in [6, 6.07) is 9.48. The number of aryl methyl sites for hydroxylation is 1. The molecule has 1 aromatic carbocycles. The Balaban J connectivity index is 1.81. The molecule has 0 spiro atoms. The largest absolute Gasteiger partial charge is 0.467 e. The molecule has 1 atom stereocenters. The van der Waals surface area contributed by atoms with Gasteiger partial charge in [-0.15, -0.1) is 0 Å². The summed E-state index contributed by atoms with van der Waals surface area (Å²) >= 11 is 0.770. The molecule has 0 saturated heterocycles. The molecular formula is C23H25N5O4S. The number of hydrogen-bond donors (Lipinski definition) is 3. The van der Waals surface area contributed by atoms with Gasteiger partial charge in [-0.2, -0.15) is 4.37 Å². The molecule has 3 aromatic rings. The summed E-state index contributed by atoms with van der Waals surface area (Å²) in [5.41, 5.74) is 12.5. The minimum absolute atomic E-state index is 0.0236. The van der Waals surface area contributed by atoms with E-state index in [1.807, 2.05) is 13.0 Å². The first-order valence-electron chi connectivity index (χ1n) is 10.7. The molecule has 1 aliphatic rings. The fourth-order valence-corrected chi connectivity index (χ4v) is 4.81. The number of carbonyl (C=O) groups is 3. The Labute approximate surface area is 194 Å². The minimum atomic E-state index is -1.09. The highest BCUT2D eigenvalue weighted by Gasteiger charge is 2.38. The number of benzene rings is 1. The van der Waals surface area contributed by atoms with Gasteiger partial charge in [0.05, 0.1) is 12.0 Å². The number of primary amides is 1. The lowest BCUT2D eigenvalue weighted by Gasteiger charge is -2.30. The Morgan fingerprint density at radius 1 is 1.21 bits per heavy atom. The lowest BCUT2D eigenvalue weighted by Crippen LogP contribution is -2.46. The van der Waals surface area contributed by atoms with Gasteiger partial charge in [0.25, 0.3) is 17.7 Å². The van der Waals surface area contributed by atoms with Gasteiger partial charge in [0.1, 0.15) is 10.6 Å². The number of nitrogens with two attached hydrogens (primary N) is 2. The van der Waals surface area contributed by atoms with Crippen LogP contribution >= 0.6 is 11.5 Å². The van der Waals surface area contributed by atoms with Crippen molar-refractivity contribution in [1.29, 1.82) is 0 Å². The van der Waals surface area contributed by atoms with Crippen LogP contribution in [0.15, 0.2) is 47.1 Å². The lowest BCUT2D eigenvalue weighted by atomic mass is 10.1. The van der Waals surface area contributed by atoms with Crippen molar-refractivity contribution in [3.05, 3.63) is 64.6 Å². The van der Waals surface area contributed by atoms with Gasteiger partial charge in [-0.3, -0.25) is 19.3 Å². The SMILES string of the molecule is Cc1cccc(N(C(=O)c2snc(C(N)=O)c2N)[C@H](C(=O)NC2CCCC2)c2ccco2)c1. The Morgan fingerprint density at radius 3 is 2.58 bits per heavy atom. The molecule has 4 rings (SSSR count). The maximum absolute atomic E-state index is 13.8. The standard InChI is InChI=1S/C23H25N5O4S/c1-13-6-4-9-15(12-13)28(23(31)20-17(24)18(21(25)29)27-33-20)19(16-10-5-11-32-16)22(30)26-14-7-2-3-8-14/h4-6,9-12,14,19H,2-3,7-8,24H2,1H3,(H2,25,29)(H,26,30)/t19-/m0/s1. The van der Waals surface area contributed by atoms with Gasteiger partial charge in [0.15, 0.2) is 11.7 Å². The third kappa shape index (κ3) is 4.61. The molecule has 5 N–H and O–H groups in total. The lowest BCUT2D eigenvalue weighted by molar-refractivity contribution is -0.123. The third-order valence-electron chi connectivity index (χ3n) is 5.68. The molecule has 0 unspecified atom stereocenters. The number of nitrogens with one attached hydrogen (secondary N) is 1. The number of anilines is 2. The predicted molar refractivity (Wildman–Crippen MR) is 125 cm³/mol. The Kier molecular flexibility index (Phi) is 6.45. The highest BCUT2D eigenvalue weighted by molar-refractivity contribution is 7.09. The fraction of sp³-hybridized carbons (Fsp3) is 0.304. The Bertz CT molecular complexity index is 1170. The number of furan rings is 1. The normalized spacial score (nSPS) is 14.7. The Morgan fingerprint density at radius 2 is 1.97 bits per heavy atom. The third-order valence-corrected chi connectivity index (χ3v) is 6.53. The second-order valence-corrected chi connectivity index (χ2v) is 8.83. The molecule has 10 heteroatoms. The average molecular weight is 468 g/mol. The molecule has 2 aromatic heterocycles. The quantitative estimate of drug-likeness (QED) is 0.487. The number of amides is 3. The first kappa shape index (κ1) is 22.5. The zero-order valence-electron chi connectivity index (χ0n) is 18.1. The van der Waals surface area contributed by atoms with Crippen LogP contribution in [0.3, 0.4) is 0 Å². The van der Waals surface area contributed by atoms with E-state index in [1.54, 1.807) is 30.3 Å². The molecule has 0 radical (unpaired) electrons. The summed E-state index contributed by atoms with van der Waals surface area (Å²) in [5, 5.41) is 3.07. The van der Waals surface area contributed by atoms with Crippen LogP contribution in [0, 0.1) is 6.92 Å². The van der Waals surface area contributed by atoms with Crippen LogP contribution in [0.2, 0.25) is 0 Å². The van der Waals surface area contributed by atoms with Gasteiger partial charge < -0.3 is 21.2 Å².